The molecule has 0 saturated heterocycles. The summed E-state index contributed by atoms with van der Waals surface area (Å²) >= 11 is 0. The zero-order valence-corrected chi connectivity index (χ0v) is 19.2. The number of nitrogens with one attached hydrogen (secondary N) is 1. The van der Waals surface area contributed by atoms with Crippen molar-refractivity contribution in [3.05, 3.63) is 114 Å². The molecule has 174 valence electrons. The first-order valence-electron chi connectivity index (χ1n) is 11.2. The summed E-state index contributed by atoms with van der Waals surface area (Å²) in [6.07, 6.45) is 3.29. The second-order valence-corrected chi connectivity index (χ2v) is 8.05. The minimum atomic E-state index is -0.385. The van der Waals surface area contributed by atoms with Crippen LogP contribution < -0.4 is 10.1 Å². The van der Waals surface area contributed by atoms with Crippen molar-refractivity contribution in [1.29, 1.82) is 0 Å². The molecular formula is C27H24N6O2. The van der Waals surface area contributed by atoms with Gasteiger partial charge in [0.05, 0.1) is 6.54 Å². The van der Waals surface area contributed by atoms with E-state index in [1.165, 1.54) is 5.56 Å². The molecule has 5 aromatic rings. The molecule has 1 N–H and O–H groups in total. The minimum Gasteiger partial charge on any atom is -0.471 e. The van der Waals surface area contributed by atoms with Gasteiger partial charge in [0, 0.05) is 6.20 Å². The molecule has 1 amide bonds. The van der Waals surface area contributed by atoms with Crippen molar-refractivity contribution in [2.75, 3.05) is 5.32 Å². The van der Waals surface area contributed by atoms with Crippen LogP contribution in [-0.2, 0) is 13.3 Å². The molecule has 0 unspecified atom stereocenters. The van der Waals surface area contributed by atoms with Crippen molar-refractivity contribution < 1.29 is 9.53 Å². The predicted molar refractivity (Wildman–Crippen MR) is 133 cm³/mol. The second kappa shape index (κ2) is 10.0. The Kier molecular flexibility index (Phi) is 6.34. The van der Waals surface area contributed by atoms with E-state index in [2.05, 4.69) is 45.6 Å². The molecule has 8 heteroatoms. The van der Waals surface area contributed by atoms with Crippen LogP contribution in [0.1, 0.15) is 21.6 Å². The summed E-state index contributed by atoms with van der Waals surface area (Å²) in [4.78, 5) is 16.8. The highest BCUT2D eigenvalue weighted by atomic mass is 16.5. The van der Waals surface area contributed by atoms with Gasteiger partial charge in [-0.2, -0.15) is 5.10 Å². The maximum absolute atomic E-state index is 12.6. The lowest BCUT2D eigenvalue weighted by molar-refractivity contribution is 0.101. The lowest BCUT2D eigenvalue weighted by Gasteiger charge is -2.07. The monoisotopic (exact) mass is 464 g/mol. The van der Waals surface area contributed by atoms with Crippen molar-refractivity contribution in [2.24, 2.45) is 0 Å². The Labute approximate surface area is 202 Å². The number of aromatic nitrogens is 5. The average Bonchev–Trinajstić information content (AvgIpc) is 3.55. The van der Waals surface area contributed by atoms with E-state index in [-0.39, 0.29) is 24.3 Å². The van der Waals surface area contributed by atoms with Crippen molar-refractivity contribution in [1.82, 2.24) is 24.5 Å². The van der Waals surface area contributed by atoms with Crippen LogP contribution in [0.15, 0.2) is 97.5 Å². The van der Waals surface area contributed by atoms with E-state index < -0.39 is 0 Å². The third-order valence-corrected chi connectivity index (χ3v) is 5.55. The van der Waals surface area contributed by atoms with E-state index in [0.29, 0.717) is 6.54 Å². The van der Waals surface area contributed by atoms with Crippen LogP contribution in [0.3, 0.4) is 0 Å². The van der Waals surface area contributed by atoms with Crippen molar-refractivity contribution in [3.63, 3.8) is 0 Å². The third kappa shape index (κ3) is 5.44. The van der Waals surface area contributed by atoms with Gasteiger partial charge in [-0.3, -0.25) is 10.1 Å². The molecule has 0 atom stereocenters. The number of amides is 1. The first-order valence-corrected chi connectivity index (χ1v) is 11.2. The number of carbonyl (C=O) groups excluding carboxylic acids is 1. The van der Waals surface area contributed by atoms with Crippen LogP contribution in [-0.4, -0.2) is 30.5 Å². The number of aryl methyl sites for hydroxylation is 1. The molecule has 0 fully saturated rings. The lowest BCUT2D eigenvalue weighted by atomic mass is 10.1. The average molecular weight is 465 g/mol. The smallest absolute Gasteiger partial charge is 0.278 e. The zero-order valence-electron chi connectivity index (χ0n) is 19.2. The molecule has 0 aliphatic carbocycles. The van der Waals surface area contributed by atoms with Gasteiger partial charge in [0.2, 0.25) is 5.95 Å². The predicted octanol–water partition coefficient (Wildman–Crippen LogP) is 4.79. The van der Waals surface area contributed by atoms with Gasteiger partial charge in [0.25, 0.3) is 5.91 Å². The van der Waals surface area contributed by atoms with Crippen LogP contribution in [0.25, 0.3) is 11.1 Å². The summed E-state index contributed by atoms with van der Waals surface area (Å²) in [5, 5.41) is 11.3. The molecule has 0 radical (unpaired) electrons. The maximum Gasteiger partial charge on any atom is 0.278 e. The Morgan fingerprint density at radius 2 is 1.60 bits per heavy atom. The molecule has 0 aliphatic rings. The normalized spacial score (nSPS) is 10.8. The van der Waals surface area contributed by atoms with Crippen molar-refractivity contribution in [3.8, 4) is 16.9 Å². The fourth-order valence-electron chi connectivity index (χ4n) is 3.63. The van der Waals surface area contributed by atoms with E-state index in [1.54, 1.807) is 28.0 Å². The maximum atomic E-state index is 12.6. The van der Waals surface area contributed by atoms with Crippen molar-refractivity contribution in [2.45, 2.75) is 20.2 Å². The summed E-state index contributed by atoms with van der Waals surface area (Å²) < 4.78 is 9.05. The number of ether oxygens (including phenoxy) is 1. The molecule has 5 rings (SSSR count). The highest BCUT2D eigenvalue weighted by Crippen LogP contribution is 2.22. The van der Waals surface area contributed by atoms with Crippen LogP contribution >= 0.6 is 0 Å². The summed E-state index contributed by atoms with van der Waals surface area (Å²) in [6.45, 7) is 2.81. The number of nitrogens with zero attached hydrogens (tertiary/aromatic N) is 5. The Bertz CT molecular complexity index is 1420. The summed E-state index contributed by atoms with van der Waals surface area (Å²) in [5.41, 5.74) is 4.84. The Balaban J connectivity index is 1.15. The van der Waals surface area contributed by atoms with Gasteiger partial charge in [-0.25, -0.2) is 14.3 Å². The van der Waals surface area contributed by atoms with E-state index >= 15 is 0 Å². The van der Waals surface area contributed by atoms with Gasteiger partial charge in [0.1, 0.15) is 12.1 Å². The molecular weight excluding hydrogens is 440 g/mol. The van der Waals surface area contributed by atoms with Crippen LogP contribution in [0.2, 0.25) is 0 Å². The number of hydrogen-bond acceptors (Lipinski definition) is 5. The fraction of sp³-hybridized carbons (Fsp3) is 0.111. The minimum absolute atomic E-state index is 0.182. The second-order valence-electron chi connectivity index (χ2n) is 8.05. The number of benzene rings is 3. The van der Waals surface area contributed by atoms with Gasteiger partial charge >= 0.3 is 0 Å². The number of hydrogen-bond donors (Lipinski definition) is 1. The largest absolute Gasteiger partial charge is 0.471 e. The van der Waals surface area contributed by atoms with Gasteiger partial charge in [0.15, 0.2) is 12.4 Å². The van der Waals surface area contributed by atoms with E-state index in [0.717, 1.165) is 22.4 Å². The fourth-order valence-corrected chi connectivity index (χ4v) is 3.63. The van der Waals surface area contributed by atoms with Crippen LogP contribution in [0.5, 0.6) is 5.75 Å². The molecule has 8 nitrogen and oxygen atoms in total. The topological polar surface area (TPSA) is 86.9 Å². The van der Waals surface area contributed by atoms with Gasteiger partial charge in [-0.15, -0.1) is 5.10 Å². The van der Waals surface area contributed by atoms with E-state index in [9.17, 15) is 4.79 Å². The summed E-state index contributed by atoms with van der Waals surface area (Å²) in [5.74, 6) is 0.562. The number of carbonyl (C=O) groups is 1. The highest BCUT2D eigenvalue weighted by molar-refractivity contribution is 6.01. The Hall–Kier alpha value is -4.72. The van der Waals surface area contributed by atoms with Gasteiger partial charge in [-0.1, -0.05) is 66.7 Å². The molecule has 3 aromatic carbocycles. The lowest BCUT2D eigenvalue weighted by Crippen LogP contribution is -2.15. The zero-order chi connectivity index (χ0) is 24.0. The molecule has 35 heavy (non-hydrogen) atoms. The summed E-state index contributed by atoms with van der Waals surface area (Å²) in [7, 11) is 0. The van der Waals surface area contributed by atoms with Crippen LogP contribution in [0, 0.1) is 6.92 Å². The van der Waals surface area contributed by atoms with Gasteiger partial charge < -0.3 is 4.74 Å². The van der Waals surface area contributed by atoms with E-state index in [4.69, 9.17) is 4.74 Å². The van der Waals surface area contributed by atoms with Gasteiger partial charge in [-0.05, 0) is 47.4 Å². The standard InChI is InChI=1S/C27H24N6O2/c1-20-7-5-6-10-23(20)17-33-18-28-27(31-33)29-26(34)25-15-16-32(30-25)19-35-24-13-11-22(12-14-24)21-8-3-2-4-9-21/h2-16,18H,17,19H2,1H3,(H,29,31,34). The molecule has 0 spiro atoms. The molecule has 2 aromatic heterocycles. The molecule has 0 aliphatic heterocycles. The SMILES string of the molecule is Cc1ccccc1Cn1cnc(NC(=O)c2ccn(COc3ccc(-c4ccccc4)cc3)n2)n1. The highest BCUT2D eigenvalue weighted by Gasteiger charge is 2.13. The molecule has 2 heterocycles. The quantitative estimate of drug-likeness (QED) is 0.357. The van der Waals surface area contributed by atoms with Crippen LogP contribution in [0.4, 0.5) is 5.95 Å². The Morgan fingerprint density at radius 1 is 0.857 bits per heavy atom. The molecule has 0 bridgehead atoms. The molecule has 0 saturated carbocycles. The Morgan fingerprint density at radius 3 is 2.40 bits per heavy atom. The first-order chi connectivity index (χ1) is 17.1. The number of rotatable bonds is 8. The first kappa shape index (κ1) is 22.1. The number of anilines is 1. The summed E-state index contributed by atoms with van der Waals surface area (Å²) in [6, 6.07) is 27.7. The van der Waals surface area contributed by atoms with Crippen molar-refractivity contribution >= 4 is 11.9 Å². The van der Waals surface area contributed by atoms with E-state index in [1.807, 2.05) is 60.7 Å². The third-order valence-electron chi connectivity index (χ3n) is 5.55.